The lowest BCUT2D eigenvalue weighted by molar-refractivity contribution is -0.364. The third-order valence-electron chi connectivity index (χ3n) is 1.95. The highest BCUT2D eigenvalue weighted by molar-refractivity contribution is 7.17. The van der Waals surface area contributed by atoms with Crippen LogP contribution in [0.15, 0.2) is 18.5 Å². The van der Waals surface area contributed by atoms with E-state index in [9.17, 15) is 4.79 Å². The monoisotopic (exact) mass is 270 g/mol. The molecule has 0 atom stereocenters. The van der Waals surface area contributed by atoms with Crippen molar-refractivity contribution in [3.63, 3.8) is 0 Å². The number of thiazole rings is 1. The fourth-order valence-corrected chi connectivity index (χ4v) is 2.13. The molecule has 2 heterocycles. The van der Waals surface area contributed by atoms with E-state index >= 15 is 0 Å². The van der Waals surface area contributed by atoms with Gasteiger partial charge in [0.15, 0.2) is 5.78 Å². The third-order valence-corrected chi connectivity index (χ3v) is 3.12. The Balaban J connectivity index is 0.00000144. The molecule has 2 N–H and O–H groups in total. The van der Waals surface area contributed by atoms with Crippen LogP contribution in [0.25, 0.3) is 0 Å². The highest BCUT2D eigenvalue weighted by Gasteiger charge is 2.14. The lowest BCUT2D eigenvalue weighted by Gasteiger charge is -1.89. The van der Waals surface area contributed by atoms with E-state index in [1.165, 1.54) is 18.3 Å². The summed E-state index contributed by atoms with van der Waals surface area (Å²) >= 11 is 1.33. The summed E-state index contributed by atoms with van der Waals surface area (Å²) in [6.07, 6.45) is 3.44. The Kier molecular flexibility index (Phi) is 4.53. The van der Waals surface area contributed by atoms with Gasteiger partial charge in [-0.25, -0.2) is 15.3 Å². The number of nitrogens with one attached hydrogen (secondary N) is 2. The van der Waals surface area contributed by atoms with Crippen LogP contribution in [0.2, 0.25) is 0 Å². The van der Waals surface area contributed by atoms with Gasteiger partial charge in [0.25, 0.3) is 5.13 Å². The van der Waals surface area contributed by atoms with Crippen molar-refractivity contribution in [2.24, 2.45) is 0 Å². The Morgan fingerprint density at radius 3 is 2.82 bits per heavy atom. The van der Waals surface area contributed by atoms with Gasteiger partial charge in [-0.1, -0.05) is 16.3 Å². The number of aromatic amines is 1. The number of rotatable bonds is 3. The van der Waals surface area contributed by atoms with Gasteiger partial charge in [0, 0.05) is 13.0 Å². The van der Waals surface area contributed by atoms with Crippen LogP contribution >= 0.6 is 11.3 Å². The van der Waals surface area contributed by atoms with Gasteiger partial charge in [0.1, 0.15) is 6.20 Å². The Morgan fingerprint density at radius 1 is 1.53 bits per heavy atom. The maximum Gasteiger partial charge on any atom is 0.395 e. The van der Waals surface area contributed by atoms with E-state index in [1.807, 2.05) is 6.92 Å². The lowest BCUT2D eigenvalue weighted by atomic mass is 10.3. The van der Waals surface area contributed by atoms with Crippen LogP contribution in [-0.2, 0) is 0 Å². The number of carbonyl (C=O) groups excluding carboxylic acids is 1. The topological polar surface area (TPSA) is 69.0 Å². The average molecular weight is 271 g/mol. The molecule has 0 unspecified atom stereocenters. The number of anilines is 2. The molecule has 90 valence electrons. The molecule has 0 saturated carbocycles. The normalized spacial score (nSPS) is 9.53. The molecular formula is C10H11ClN4OS. The summed E-state index contributed by atoms with van der Waals surface area (Å²) in [4.78, 5) is 23.2. The predicted molar refractivity (Wildman–Crippen MR) is 60.9 cm³/mol. The predicted octanol–water partition coefficient (Wildman–Crippen LogP) is -1.39. The van der Waals surface area contributed by atoms with Gasteiger partial charge < -0.3 is 12.4 Å². The highest BCUT2D eigenvalue weighted by atomic mass is 35.5. The van der Waals surface area contributed by atoms with Gasteiger partial charge in [-0.2, -0.15) is 0 Å². The first kappa shape index (κ1) is 13.5. The Morgan fingerprint density at radius 2 is 2.29 bits per heavy atom. The zero-order valence-corrected chi connectivity index (χ0v) is 10.9. The van der Waals surface area contributed by atoms with Gasteiger partial charge in [-0.05, 0) is 6.92 Å². The summed E-state index contributed by atoms with van der Waals surface area (Å²) in [6, 6.07) is 1.79. The number of aryl methyl sites for hydroxylation is 1. The molecule has 7 heteroatoms. The molecule has 0 spiro atoms. The molecular weight excluding hydrogens is 260 g/mol. The summed E-state index contributed by atoms with van der Waals surface area (Å²) in [5.74, 6) is 0.638. The lowest BCUT2D eigenvalue weighted by Crippen LogP contribution is -3.00. The van der Waals surface area contributed by atoms with E-state index < -0.39 is 0 Å². The number of Topliss-reactive ketones (excluding diaryl/α,β-unsaturated/α-hetero) is 1. The average Bonchev–Trinajstić information content (AvgIpc) is 2.61. The van der Waals surface area contributed by atoms with Crippen molar-refractivity contribution in [1.29, 1.82) is 0 Å². The maximum absolute atomic E-state index is 11.3. The maximum atomic E-state index is 11.3. The molecule has 0 aliphatic carbocycles. The van der Waals surface area contributed by atoms with Gasteiger partial charge in [0.05, 0.1) is 16.8 Å². The van der Waals surface area contributed by atoms with E-state index in [1.54, 1.807) is 18.5 Å². The summed E-state index contributed by atoms with van der Waals surface area (Å²) in [6.45, 7) is 3.36. The van der Waals surface area contributed by atoms with Crippen molar-refractivity contribution in [1.82, 2.24) is 9.97 Å². The number of ketones is 1. The van der Waals surface area contributed by atoms with E-state index in [2.05, 4.69) is 20.3 Å². The second-order valence-corrected chi connectivity index (χ2v) is 4.24. The first-order chi connectivity index (χ1) is 7.66. The van der Waals surface area contributed by atoms with Crippen molar-refractivity contribution in [2.75, 3.05) is 5.32 Å². The summed E-state index contributed by atoms with van der Waals surface area (Å²) in [5, 5.41) is 3.67. The van der Waals surface area contributed by atoms with Gasteiger partial charge in [0.2, 0.25) is 0 Å². The Bertz CT molecular complexity index is 514. The first-order valence-corrected chi connectivity index (χ1v) is 5.56. The Hall–Kier alpha value is -1.53. The highest BCUT2D eigenvalue weighted by Crippen LogP contribution is 2.24. The molecule has 0 aromatic carbocycles. The molecule has 0 aliphatic rings. The van der Waals surface area contributed by atoms with Crippen LogP contribution in [-0.4, -0.2) is 15.8 Å². The quantitative estimate of drug-likeness (QED) is 0.698. The van der Waals surface area contributed by atoms with Crippen molar-refractivity contribution in [3.8, 4) is 0 Å². The number of H-pyrrole nitrogens is 1. The molecule has 17 heavy (non-hydrogen) atoms. The minimum Gasteiger partial charge on any atom is -1.00 e. The van der Waals surface area contributed by atoms with E-state index in [-0.39, 0.29) is 18.2 Å². The molecule has 2 aromatic heterocycles. The second kappa shape index (κ2) is 5.70. The van der Waals surface area contributed by atoms with E-state index in [4.69, 9.17) is 0 Å². The minimum atomic E-state index is 0. The van der Waals surface area contributed by atoms with Gasteiger partial charge in [-0.15, -0.1) is 0 Å². The zero-order chi connectivity index (χ0) is 11.5. The van der Waals surface area contributed by atoms with Crippen LogP contribution in [0.5, 0.6) is 0 Å². The smallest absolute Gasteiger partial charge is 0.395 e. The van der Waals surface area contributed by atoms with Crippen molar-refractivity contribution >= 4 is 28.2 Å². The summed E-state index contributed by atoms with van der Waals surface area (Å²) in [7, 11) is 0. The zero-order valence-electron chi connectivity index (χ0n) is 9.32. The Labute approximate surface area is 109 Å². The van der Waals surface area contributed by atoms with Crippen LogP contribution in [0.1, 0.15) is 22.3 Å². The molecule has 0 bridgehead atoms. The number of halogens is 1. The van der Waals surface area contributed by atoms with Gasteiger partial charge in [-0.3, -0.25) is 4.79 Å². The molecule has 0 fully saturated rings. The minimum absolute atomic E-state index is 0. The fourth-order valence-electron chi connectivity index (χ4n) is 1.27. The molecule has 2 aromatic rings. The van der Waals surface area contributed by atoms with Crippen LogP contribution in [0.4, 0.5) is 11.1 Å². The molecule has 0 saturated heterocycles. The van der Waals surface area contributed by atoms with Crippen LogP contribution in [0, 0.1) is 6.92 Å². The number of nitrogens with zero attached hydrogens (tertiary/aromatic N) is 2. The third kappa shape index (κ3) is 3.21. The van der Waals surface area contributed by atoms with Crippen molar-refractivity contribution in [2.45, 2.75) is 13.8 Å². The number of carbonyl (C=O) groups is 1. The van der Waals surface area contributed by atoms with Crippen molar-refractivity contribution in [3.05, 3.63) is 29.0 Å². The van der Waals surface area contributed by atoms with Crippen LogP contribution < -0.4 is 22.7 Å². The second-order valence-electron chi connectivity index (χ2n) is 3.24. The first-order valence-electron chi connectivity index (χ1n) is 4.75. The number of hydrogen-bond acceptors (Lipinski definition) is 5. The molecule has 5 nitrogen and oxygen atoms in total. The van der Waals surface area contributed by atoms with Crippen LogP contribution in [0.3, 0.4) is 0 Å². The molecule has 0 aliphatic heterocycles. The fraction of sp³-hybridized carbons (Fsp3) is 0.200. The van der Waals surface area contributed by atoms with Crippen molar-refractivity contribution < 1.29 is 22.2 Å². The standard InChI is InChI=1S/C10H10N4OS.ClH/c1-6-8(7(2)15)16-10(13-6)14-9-11-4-3-5-12-9;/h3-5H,1-2H3,(H,11,12,13,14);1H. The molecule has 0 amide bonds. The largest absolute Gasteiger partial charge is 1.00 e. The number of hydrogen-bond donors (Lipinski definition) is 1. The SMILES string of the molecule is CC(=O)c1sc(Nc2nccc[nH+]2)nc1C.[Cl-]. The summed E-state index contributed by atoms with van der Waals surface area (Å²) in [5.41, 5.74) is 0.746. The van der Waals surface area contributed by atoms with Gasteiger partial charge >= 0.3 is 5.95 Å². The molecule has 2 rings (SSSR count). The summed E-state index contributed by atoms with van der Waals surface area (Å²) < 4.78 is 0. The van der Waals surface area contributed by atoms with E-state index in [0.29, 0.717) is 16.0 Å². The van der Waals surface area contributed by atoms with E-state index in [0.717, 1.165) is 5.69 Å². The number of aromatic nitrogens is 3. The molecule has 0 radical (unpaired) electrons.